The van der Waals surface area contributed by atoms with Crippen LogP contribution in [0.3, 0.4) is 0 Å². The zero-order valence-corrected chi connectivity index (χ0v) is 13.9. The van der Waals surface area contributed by atoms with Gasteiger partial charge in [0.05, 0.1) is 0 Å². The number of pyridine rings is 1. The summed E-state index contributed by atoms with van der Waals surface area (Å²) in [4.78, 5) is 4.43. The van der Waals surface area contributed by atoms with Crippen LogP contribution in [0.5, 0.6) is 0 Å². The Morgan fingerprint density at radius 1 is 1.38 bits per heavy atom. The fourth-order valence-corrected chi connectivity index (χ4v) is 4.26. The molecule has 1 saturated carbocycles. The Morgan fingerprint density at radius 3 is 2.71 bits per heavy atom. The van der Waals surface area contributed by atoms with Crippen molar-refractivity contribution in [3.8, 4) is 0 Å². The molecule has 1 N–H and O–H groups in total. The molecule has 1 aliphatic carbocycles. The molecule has 0 spiro atoms. The predicted molar refractivity (Wildman–Crippen MR) is 84.8 cm³/mol. The number of nitrogens with zero attached hydrogens (tertiary/aromatic N) is 2. The lowest BCUT2D eigenvalue weighted by Crippen LogP contribution is -2.39. The van der Waals surface area contributed by atoms with Crippen LogP contribution in [0.4, 0.5) is 5.82 Å². The van der Waals surface area contributed by atoms with Gasteiger partial charge in [-0.25, -0.2) is 13.4 Å². The highest BCUT2D eigenvalue weighted by atomic mass is 32.2. The number of hydrogen-bond donors (Lipinski definition) is 1. The molecule has 1 aromatic rings. The molecule has 118 valence electrons. The van der Waals surface area contributed by atoms with Gasteiger partial charge in [-0.15, -0.1) is 0 Å². The molecule has 1 aliphatic rings. The van der Waals surface area contributed by atoms with Gasteiger partial charge in [-0.1, -0.05) is 19.8 Å². The molecule has 0 saturated heterocycles. The predicted octanol–water partition coefficient (Wildman–Crippen LogP) is 2.71. The molecule has 1 aromatic heterocycles. The van der Waals surface area contributed by atoms with Gasteiger partial charge in [0.25, 0.3) is 0 Å². The van der Waals surface area contributed by atoms with E-state index in [0.29, 0.717) is 11.7 Å². The maximum absolute atomic E-state index is 12.7. The molecule has 6 heteroatoms. The van der Waals surface area contributed by atoms with E-state index < -0.39 is 10.0 Å². The maximum Gasteiger partial charge on any atom is 0.244 e. The van der Waals surface area contributed by atoms with Gasteiger partial charge in [0.1, 0.15) is 10.7 Å². The smallest absolute Gasteiger partial charge is 0.244 e. The molecular weight excluding hydrogens is 286 g/mol. The molecule has 0 amide bonds. The summed E-state index contributed by atoms with van der Waals surface area (Å²) in [6.07, 6.45) is 5.63. The molecule has 0 aromatic carbocycles. The summed E-state index contributed by atoms with van der Waals surface area (Å²) in [5.41, 5.74) is 0. The van der Waals surface area contributed by atoms with Crippen molar-refractivity contribution in [1.82, 2.24) is 9.29 Å². The third kappa shape index (κ3) is 3.74. The van der Waals surface area contributed by atoms with E-state index >= 15 is 0 Å². The fraction of sp³-hybridized carbons (Fsp3) is 0.667. The minimum absolute atomic E-state index is 0.104. The molecule has 1 fully saturated rings. The van der Waals surface area contributed by atoms with E-state index in [-0.39, 0.29) is 10.9 Å². The average Bonchev–Trinajstić information content (AvgIpc) is 2.47. The van der Waals surface area contributed by atoms with Gasteiger partial charge < -0.3 is 5.32 Å². The van der Waals surface area contributed by atoms with Crippen LogP contribution >= 0.6 is 0 Å². The van der Waals surface area contributed by atoms with E-state index in [0.717, 1.165) is 25.8 Å². The van der Waals surface area contributed by atoms with E-state index in [2.05, 4.69) is 17.2 Å². The third-order valence-corrected chi connectivity index (χ3v) is 6.09. The van der Waals surface area contributed by atoms with Crippen LogP contribution in [0.15, 0.2) is 23.2 Å². The number of hydrogen-bond acceptors (Lipinski definition) is 4. The minimum atomic E-state index is -3.45. The first-order chi connectivity index (χ1) is 9.95. The van der Waals surface area contributed by atoms with Crippen LogP contribution in [0.1, 0.15) is 39.5 Å². The highest BCUT2D eigenvalue weighted by Gasteiger charge is 2.31. The van der Waals surface area contributed by atoms with Crippen molar-refractivity contribution in [2.75, 3.05) is 18.9 Å². The van der Waals surface area contributed by atoms with Crippen LogP contribution in [0.25, 0.3) is 0 Å². The average molecular weight is 311 g/mol. The summed E-state index contributed by atoms with van der Waals surface area (Å²) < 4.78 is 26.9. The van der Waals surface area contributed by atoms with Crippen LogP contribution in [-0.2, 0) is 10.0 Å². The van der Waals surface area contributed by atoms with Crippen LogP contribution < -0.4 is 5.32 Å². The molecule has 1 heterocycles. The molecule has 0 bridgehead atoms. The molecule has 0 radical (unpaired) electrons. The van der Waals surface area contributed by atoms with E-state index in [1.807, 2.05) is 6.92 Å². The Bertz CT molecular complexity index is 557. The van der Waals surface area contributed by atoms with Crippen molar-refractivity contribution in [3.63, 3.8) is 0 Å². The second kappa shape index (κ2) is 6.75. The van der Waals surface area contributed by atoms with Crippen molar-refractivity contribution in [2.24, 2.45) is 5.92 Å². The number of anilines is 1. The minimum Gasteiger partial charge on any atom is -0.370 e. The summed E-state index contributed by atoms with van der Waals surface area (Å²) in [5, 5.41) is 3.07. The first kappa shape index (κ1) is 16.2. The Kier molecular flexibility index (Phi) is 5.22. The molecular formula is C15H25N3O2S. The van der Waals surface area contributed by atoms with Gasteiger partial charge in [-0.3, -0.25) is 0 Å². The van der Waals surface area contributed by atoms with Crippen molar-refractivity contribution in [3.05, 3.63) is 18.3 Å². The topological polar surface area (TPSA) is 62.3 Å². The maximum atomic E-state index is 12.7. The summed E-state index contributed by atoms with van der Waals surface area (Å²) in [7, 11) is -1.76. The quantitative estimate of drug-likeness (QED) is 0.908. The summed E-state index contributed by atoms with van der Waals surface area (Å²) in [6.45, 7) is 4.93. The van der Waals surface area contributed by atoms with Gasteiger partial charge in [-0.05, 0) is 37.8 Å². The zero-order chi connectivity index (χ0) is 15.5. The van der Waals surface area contributed by atoms with Gasteiger partial charge in [0.2, 0.25) is 10.0 Å². The van der Waals surface area contributed by atoms with Gasteiger partial charge in [0.15, 0.2) is 0 Å². The molecule has 21 heavy (non-hydrogen) atoms. The number of rotatable bonds is 5. The Hall–Kier alpha value is -1.14. The van der Waals surface area contributed by atoms with E-state index in [1.165, 1.54) is 16.9 Å². The monoisotopic (exact) mass is 311 g/mol. The summed E-state index contributed by atoms with van der Waals surface area (Å²) >= 11 is 0. The van der Waals surface area contributed by atoms with Crippen molar-refractivity contribution in [1.29, 1.82) is 0 Å². The van der Waals surface area contributed by atoms with Crippen molar-refractivity contribution >= 4 is 15.8 Å². The van der Waals surface area contributed by atoms with Crippen LogP contribution in [-0.4, -0.2) is 37.3 Å². The molecule has 2 unspecified atom stereocenters. The van der Waals surface area contributed by atoms with E-state index in [9.17, 15) is 8.42 Å². The van der Waals surface area contributed by atoms with Gasteiger partial charge >= 0.3 is 0 Å². The highest BCUT2D eigenvalue weighted by molar-refractivity contribution is 7.89. The molecule has 2 atom stereocenters. The summed E-state index contributed by atoms with van der Waals surface area (Å²) in [6, 6.07) is 3.45. The Morgan fingerprint density at radius 2 is 2.14 bits per heavy atom. The van der Waals surface area contributed by atoms with Crippen molar-refractivity contribution in [2.45, 2.75) is 50.5 Å². The first-order valence-corrected chi connectivity index (χ1v) is 9.07. The third-order valence-electron chi connectivity index (χ3n) is 4.19. The van der Waals surface area contributed by atoms with E-state index in [1.54, 1.807) is 19.2 Å². The van der Waals surface area contributed by atoms with Crippen molar-refractivity contribution < 1.29 is 8.42 Å². The summed E-state index contributed by atoms with van der Waals surface area (Å²) in [5.74, 6) is 1.29. The lowest BCUT2D eigenvalue weighted by molar-refractivity contribution is 0.239. The Balaban J connectivity index is 2.16. The standard InChI is InChI=1S/C15H25N3O2S/c1-4-16-15-9-8-14(11-17-15)21(19,20)18(3)13-7-5-6-12(2)10-13/h8-9,11-13H,4-7,10H2,1-3H3,(H,16,17). The second-order valence-corrected chi connectivity index (χ2v) is 7.85. The van der Waals surface area contributed by atoms with Crippen LogP contribution in [0, 0.1) is 5.92 Å². The fourth-order valence-electron chi connectivity index (χ4n) is 2.91. The molecule has 0 aliphatic heterocycles. The number of aromatic nitrogens is 1. The van der Waals surface area contributed by atoms with E-state index in [4.69, 9.17) is 0 Å². The molecule has 5 nitrogen and oxygen atoms in total. The second-order valence-electron chi connectivity index (χ2n) is 5.86. The highest BCUT2D eigenvalue weighted by Crippen LogP contribution is 2.29. The SMILES string of the molecule is CCNc1ccc(S(=O)(=O)N(C)C2CCCC(C)C2)cn1. The van der Waals surface area contributed by atoms with Crippen LogP contribution in [0.2, 0.25) is 0 Å². The molecule has 2 rings (SSSR count). The first-order valence-electron chi connectivity index (χ1n) is 7.63. The van der Waals surface area contributed by atoms with Gasteiger partial charge in [0, 0.05) is 25.8 Å². The van der Waals surface area contributed by atoms with Gasteiger partial charge in [-0.2, -0.15) is 4.31 Å². The largest absolute Gasteiger partial charge is 0.370 e. The zero-order valence-electron chi connectivity index (χ0n) is 13.0. The Labute approximate surface area is 127 Å². The normalized spacial score (nSPS) is 23.2. The lowest BCUT2D eigenvalue weighted by atomic mass is 9.87. The lowest BCUT2D eigenvalue weighted by Gasteiger charge is -2.33. The number of sulfonamides is 1. The number of nitrogens with one attached hydrogen (secondary N) is 1.